The molecule has 3 aromatic rings. The van der Waals surface area contributed by atoms with Gasteiger partial charge < -0.3 is 20.3 Å². The number of rotatable bonds is 6. The summed E-state index contributed by atoms with van der Waals surface area (Å²) in [6.45, 7) is 7.89. The molecule has 0 saturated carbocycles. The maximum atomic E-state index is 7.00. The predicted octanol–water partition coefficient (Wildman–Crippen LogP) is 5.02. The Hall–Kier alpha value is -2.41. The van der Waals surface area contributed by atoms with Gasteiger partial charge in [-0.05, 0) is 78.1 Å². The Morgan fingerprint density at radius 1 is 0.971 bits per heavy atom. The fourth-order valence-corrected chi connectivity index (χ4v) is 5.14. The molecule has 0 radical (unpaired) electrons. The number of allylic oxidation sites excluding steroid dienone is 1. The molecule has 0 saturated heterocycles. The minimum atomic E-state index is 0.661. The quantitative estimate of drug-likeness (QED) is 0.446. The number of aryl methyl sites for hydroxylation is 3. The molecule has 2 aromatic carbocycles. The minimum absolute atomic E-state index is 0.661. The van der Waals surface area contributed by atoms with Crippen LogP contribution in [0.5, 0.6) is 10.8 Å². The van der Waals surface area contributed by atoms with Crippen molar-refractivity contribution in [3.63, 3.8) is 0 Å². The first-order valence-electron chi connectivity index (χ1n) is 11.1. The molecule has 1 aromatic heterocycles. The van der Waals surface area contributed by atoms with E-state index >= 15 is 0 Å². The van der Waals surface area contributed by atoms with Gasteiger partial charge in [0.1, 0.15) is 5.75 Å². The number of nitrogens with one attached hydrogen (secondary N) is 1. The van der Waals surface area contributed by atoms with Gasteiger partial charge in [0.05, 0.1) is 5.02 Å². The average Bonchev–Trinajstić information content (AvgIpc) is 3.03. The van der Waals surface area contributed by atoms with E-state index in [4.69, 9.17) is 26.6 Å². The van der Waals surface area contributed by atoms with Crippen molar-refractivity contribution in [1.82, 2.24) is 5.32 Å². The second kappa shape index (κ2) is 14.1. The topological polar surface area (TPSA) is 61.7 Å². The molecule has 4 nitrogen and oxygen atoms in total. The highest BCUT2D eigenvalue weighted by Crippen LogP contribution is 2.38. The zero-order valence-electron chi connectivity index (χ0n) is 20.5. The second-order valence-electron chi connectivity index (χ2n) is 7.78. The molecule has 1 heterocycles. The van der Waals surface area contributed by atoms with Gasteiger partial charge >= 0.3 is 0 Å². The molecule has 6 heteroatoms. The molecule has 0 amide bonds. The first-order valence-corrected chi connectivity index (χ1v) is 12.3. The van der Waals surface area contributed by atoms with Gasteiger partial charge in [0, 0.05) is 32.2 Å². The molecule has 0 fully saturated rings. The van der Waals surface area contributed by atoms with E-state index in [0.29, 0.717) is 5.02 Å². The van der Waals surface area contributed by atoms with Crippen molar-refractivity contribution in [1.29, 1.82) is 0 Å². The highest BCUT2D eigenvalue weighted by Gasteiger charge is 2.11. The standard InChI is InChI=1S/C26H26ClNOS.2CH4O/c1-17-11-18(2)13-22(12-17)29-26-24(27)14-23(30-26)16-28-15-21-9-5-4-8-20-10-6-7-19(3)25(20)21;2*1-2/h5-14,28H,4,15-16H2,1-3H3;2*2H,1H3. The van der Waals surface area contributed by atoms with E-state index in [1.54, 1.807) is 11.3 Å². The summed E-state index contributed by atoms with van der Waals surface area (Å²) in [7, 11) is 2.00. The van der Waals surface area contributed by atoms with Crippen LogP contribution in [0.3, 0.4) is 0 Å². The predicted molar refractivity (Wildman–Crippen MR) is 145 cm³/mol. The Morgan fingerprint density at radius 3 is 2.38 bits per heavy atom. The molecule has 1 aliphatic carbocycles. The monoisotopic (exact) mass is 499 g/mol. The molecule has 1 aliphatic rings. The number of aliphatic hydroxyl groups is 2. The fourth-order valence-electron chi connectivity index (χ4n) is 3.91. The summed E-state index contributed by atoms with van der Waals surface area (Å²) in [5.74, 6) is 0.832. The van der Waals surface area contributed by atoms with Crippen LogP contribution in [0.15, 0.2) is 54.6 Å². The largest absolute Gasteiger partial charge is 0.445 e. The van der Waals surface area contributed by atoms with Gasteiger partial charge in [-0.2, -0.15) is 0 Å². The van der Waals surface area contributed by atoms with Crippen molar-refractivity contribution in [3.05, 3.63) is 91.6 Å². The molecule has 34 heavy (non-hydrogen) atoms. The molecule has 0 unspecified atom stereocenters. The van der Waals surface area contributed by atoms with Gasteiger partial charge in [0.25, 0.3) is 0 Å². The summed E-state index contributed by atoms with van der Waals surface area (Å²) in [6.07, 6.45) is 7.74. The molecule has 0 atom stereocenters. The SMILES string of the molecule is CO.CO.Cc1cc(C)cc(Oc2sc(CNCC3=c4c(C)cccc4=CCC=C3)cc2Cl)c1. The van der Waals surface area contributed by atoms with Crippen LogP contribution in [-0.4, -0.2) is 31.0 Å². The van der Waals surface area contributed by atoms with Crippen LogP contribution in [0.1, 0.15) is 28.0 Å². The summed E-state index contributed by atoms with van der Waals surface area (Å²) in [6, 6.07) is 14.7. The number of fused-ring (bicyclic) bond motifs is 1. The molecular formula is C28H34ClNO3S. The lowest BCUT2D eigenvalue weighted by Crippen LogP contribution is -2.31. The van der Waals surface area contributed by atoms with Gasteiger partial charge in [0.2, 0.25) is 0 Å². The van der Waals surface area contributed by atoms with Crippen LogP contribution in [0, 0.1) is 20.8 Å². The number of benzene rings is 2. The first-order chi connectivity index (χ1) is 16.5. The van der Waals surface area contributed by atoms with Crippen LogP contribution in [0.25, 0.3) is 11.6 Å². The van der Waals surface area contributed by atoms with Crippen LogP contribution >= 0.6 is 22.9 Å². The Bertz CT molecular complexity index is 1210. The van der Waals surface area contributed by atoms with Crippen molar-refractivity contribution in [2.75, 3.05) is 20.8 Å². The number of hydrogen-bond donors (Lipinski definition) is 3. The highest BCUT2D eigenvalue weighted by molar-refractivity contribution is 7.14. The van der Waals surface area contributed by atoms with E-state index < -0.39 is 0 Å². The smallest absolute Gasteiger partial charge is 0.199 e. The Labute approximate surface area is 211 Å². The number of hydrogen-bond acceptors (Lipinski definition) is 5. The molecule has 0 aliphatic heterocycles. The summed E-state index contributed by atoms with van der Waals surface area (Å²) < 4.78 is 6.06. The van der Waals surface area contributed by atoms with Crippen molar-refractivity contribution in [2.45, 2.75) is 33.7 Å². The molecule has 0 bridgehead atoms. The van der Waals surface area contributed by atoms with Crippen molar-refractivity contribution >= 4 is 34.6 Å². The maximum Gasteiger partial charge on any atom is 0.199 e. The third-order valence-corrected chi connectivity index (χ3v) is 6.55. The highest BCUT2D eigenvalue weighted by atomic mass is 35.5. The molecule has 182 valence electrons. The lowest BCUT2D eigenvalue weighted by atomic mass is 10.1. The zero-order valence-corrected chi connectivity index (χ0v) is 22.1. The Kier molecular flexibility index (Phi) is 11.5. The van der Waals surface area contributed by atoms with E-state index in [1.165, 1.54) is 32.7 Å². The summed E-state index contributed by atoms with van der Waals surface area (Å²) >= 11 is 8.04. The second-order valence-corrected chi connectivity index (χ2v) is 9.29. The average molecular weight is 500 g/mol. The van der Waals surface area contributed by atoms with Gasteiger partial charge in [-0.15, -0.1) is 11.3 Å². The maximum absolute atomic E-state index is 7.00. The number of halogens is 1. The Morgan fingerprint density at radius 2 is 1.68 bits per heavy atom. The molecular weight excluding hydrogens is 466 g/mol. The third kappa shape index (κ3) is 7.55. The van der Waals surface area contributed by atoms with Crippen molar-refractivity contribution in [3.8, 4) is 10.8 Å². The molecule has 4 rings (SSSR count). The van der Waals surface area contributed by atoms with Crippen LogP contribution in [0.4, 0.5) is 0 Å². The number of thiophene rings is 1. The third-order valence-electron chi connectivity index (χ3n) is 5.15. The van der Waals surface area contributed by atoms with Gasteiger partial charge in [-0.3, -0.25) is 0 Å². The van der Waals surface area contributed by atoms with E-state index in [1.807, 2.05) is 18.2 Å². The Balaban J connectivity index is 0.000000970. The van der Waals surface area contributed by atoms with Gasteiger partial charge in [-0.25, -0.2) is 0 Å². The minimum Gasteiger partial charge on any atom is -0.445 e. The van der Waals surface area contributed by atoms with Crippen LogP contribution in [0.2, 0.25) is 5.02 Å². The van der Waals surface area contributed by atoms with Gasteiger partial charge in [0.15, 0.2) is 5.06 Å². The molecule has 3 N–H and O–H groups in total. The number of ether oxygens (including phenoxy) is 1. The van der Waals surface area contributed by atoms with E-state index in [9.17, 15) is 0 Å². The zero-order chi connectivity index (χ0) is 25.1. The normalized spacial score (nSPS) is 11.8. The van der Waals surface area contributed by atoms with Crippen LogP contribution < -0.4 is 20.5 Å². The molecule has 0 spiro atoms. The number of aliphatic hydroxyl groups excluding tert-OH is 2. The van der Waals surface area contributed by atoms with E-state index in [2.05, 4.69) is 68.6 Å². The van der Waals surface area contributed by atoms with Crippen molar-refractivity contribution < 1.29 is 14.9 Å². The lowest BCUT2D eigenvalue weighted by Gasteiger charge is -2.07. The van der Waals surface area contributed by atoms with E-state index in [-0.39, 0.29) is 0 Å². The van der Waals surface area contributed by atoms with Gasteiger partial charge in [-0.1, -0.05) is 54.1 Å². The summed E-state index contributed by atoms with van der Waals surface area (Å²) in [5.41, 5.74) is 5.00. The first kappa shape index (κ1) is 27.8. The lowest BCUT2D eigenvalue weighted by molar-refractivity contribution is 0.399. The summed E-state index contributed by atoms with van der Waals surface area (Å²) in [4.78, 5) is 1.16. The van der Waals surface area contributed by atoms with E-state index in [0.717, 1.165) is 49.4 Å². The summed E-state index contributed by atoms with van der Waals surface area (Å²) in [5, 5.41) is 21.7. The fraction of sp³-hybridized carbons (Fsp3) is 0.286. The van der Waals surface area contributed by atoms with Crippen LogP contribution in [-0.2, 0) is 6.54 Å². The van der Waals surface area contributed by atoms with Crippen molar-refractivity contribution in [2.24, 2.45) is 0 Å².